The molecule has 24 heavy (non-hydrogen) atoms. The number of benzene rings is 1. The molecule has 0 bridgehead atoms. The van der Waals surface area contributed by atoms with Crippen molar-refractivity contribution in [3.05, 3.63) is 52.8 Å². The van der Waals surface area contributed by atoms with E-state index < -0.39 is 6.04 Å². The summed E-state index contributed by atoms with van der Waals surface area (Å²) in [7, 11) is 0. The zero-order chi connectivity index (χ0) is 17.1. The van der Waals surface area contributed by atoms with Crippen LogP contribution < -0.4 is 5.32 Å². The van der Waals surface area contributed by atoms with Gasteiger partial charge in [0.15, 0.2) is 5.15 Å². The van der Waals surface area contributed by atoms with Gasteiger partial charge in [-0.25, -0.2) is 4.98 Å². The van der Waals surface area contributed by atoms with Gasteiger partial charge in [-0.05, 0) is 48.5 Å². The molecule has 3 aromatic rings. The predicted octanol–water partition coefficient (Wildman–Crippen LogP) is 3.24. The molecule has 0 radical (unpaired) electrons. The summed E-state index contributed by atoms with van der Waals surface area (Å²) in [5.41, 5.74) is 1.18. The summed E-state index contributed by atoms with van der Waals surface area (Å²) < 4.78 is 0. The Morgan fingerprint density at radius 1 is 1.21 bits per heavy atom. The summed E-state index contributed by atoms with van der Waals surface area (Å²) >= 11 is 11.8. The van der Waals surface area contributed by atoms with Gasteiger partial charge in [0, 0.05) is 16.8 Å². The van der Waals surface area contributed by atoms with Crippen LogP contribution in [-0.2, 0) is 4.79 Å². The number of carbonyl (C=O) groups is 1. The van der Waals surface area contributed by atoms with Gasteiger partial charge in [-0.3, -0.25) is 4.79 Å². The zero-order valence-corrected chi connectivity index (χ0v) is 14.0. The maximum atomic E-state index is 12.3. The number of hydrogen-bond donors (Lipinski definition) is 1. The van der Waals surface area contributed by atoms with E-state index in [4.69, 9.17) is 23.2 Å². The third-order valence-corrected chi connectivity index (χ3v) is 3.83. The molecule has 0 fully saturated rings. The Morgan fingerprint density at radius 2 is 1.96 bits per heavy atom. The van der Waals surface area contributed by atoms with Crippen LogP contribution in [-0.4, -0.2) is 31.1 Å². The molecule has 0 saturated carbocycles. The Labute approximate surface area is 147 Å². The normalized spacial score (nSPS) is 12.0. The topological polar surface area (TPSA) is 85.6 Å². The van der Waals surface area contributed by atoms with E-state index in [0.29, 0.717) is 16.5 Å². The highest BCUT2D eigenvalue weighted by molar-refractivity contribution is 6.32. The number of nitrogens with zero attached hydrogens (tertiary/aromatic N) is 5. The number of hydrogen-bond acceptors (Lipinski definition) is 5. The number of rotatable bonds is 4. The fraction of sp³-hybridized carbons (Fsp3) is 0.133. The van der Waals surface area contributed by atoms with Crippen molar-refractivity contribution in [3.63, 3.8) is 0 Å². The molecule has 1 unspecified atom stereocenters. The molecule has 0 spiro atoms. The zero-order valence-electron chi connectivity index (χ0n) is 12.5. The molecule has 9 heteroatoms. The molecule has 7 nitrogen and oxygen atoms in total. The summed E-state index contributed by atoms with van der Waals surface area (Å²) in [5.74, 6) is 0.0793. The maximum Gasteiger partial charge on any atom is 0.250 e. The number of carbonyl (C=O) groups excluding carboxylic acids is 1. The maximum absolute atomic E-state index is 12.3. The van der Waals surface area contributed by atoms with E-state index in [0.717, 1.165) is 5.56 Å². The van der Waals surface area contributed by atoms with E-state index in [1.807, 2.05) is 0 Å². The molecule has 0 aliphatic carbocycles. The van der Waals surface area contributed by atoms with Gasteiger partial charge in [0.1, 0.15) is 6.04 Å². The van der Waals surface area contributed by atoms with Gasteiger partial charge in [0.2, 0.25) is 5.82 Å². The van der Waals surface area contributed by atoms with Gasteiger partial charge < -0.3 is 5.32 Å². The number of anilines is 1. The average molecular weight is 363 g/mol. The summed E-state index contributed by atoms with van der Waals surface area (Å²) in [6.07, 6.45) is 1.54. The highest BCUT2D eigenvalue weighted by atomic mass is 35.5. The Morgan fingerprint density at radius 3 is 2.67 bits per heavy atom. The lowest BCUT2D eigenvalue weighted by Gasteiger charge is -2.11. The van der Waals surface area contributed by atoms with Crippen molar-refractivity contribution in [2.75, 3.05) is 5.32 Å². The first kappa shape index (κ1) is 16.4. The van der Waals surface area contributed by atoms with Crippen LogP contribution in [0, 0.1) is 0 Å². The minimum atomic E-state index is -0.671. The van der Waals surface area contributed by atoms with Gasteiger partial charge in [-0.15, -0.1) is 10.2 Å². The third-order valence-electron chi connectivity index (χ3n) is 3.27. The molecule has 122 valence electrons. The van der Waals surface area contributed by atoms with Gasteiger partial charge in [-0.1, -0.05) is 23.2 Å². The quantitative estimate of drug-likeness (QED) is 0.720. The highest BCUT2D eigenvalue weighted by Gasteiger charge is 2.19. The Balaban J connectivity index is 1.75. The van der Waals surface area contributed by atoms with Crippen LogP contribution >= 0.6 is 23.2 Å². The lowest BCUT2D eigenvalue weighted by molar-refractivity contribution is -0.119. The van der Waals surface area contributed by atoms with Crippen molar-refractivity contribution in [2.45, 2.75) is 13.0 Å². The molecule has 1 atom stereocenters. The fourth-order valence-corrected chi connectivity index (χ4v) is 2.22. The van der Waals surface area contributed by atoms with Crippen molar-refractivity contribution >= 4 is 34.8 Å². The molecule has 0 aliphatic heterocycles. The number of aromatic nitrogens is 5. The molecule has 3 rings (SSSR count). The highest BCUT2D eigenvalue weighted by Crippen LogP contribution is 2.20. The smallest absolute Gasteiger partial charge is 0.250 e. The lowest BCUT2D eigenvalue weighted by atomic mass is 10.2. The number of tetrazole rings is 1. The summed E-state index contributed by atoms with van der Waals surface area (Å²) in [6, 6.07) is 9.70. The van der Waals surface area contributed by atoms with E-state index >= 15 is 0 Å². The monoisotopic (exact) mass is 362 g/mol. The third kappa shape index (κ3) is 3.52. The second-order valence-electron chi connectivity index (χ2n) is 4.95. The molecule has 1 N–H and O–H groups in total. The fourth-order valence-electron chi connectivity index (χ4n) is 1.93. The summed E-state index contributed by atoms with van der Waals surface area (Å²) in [4.78, 5) is 17.5. The van der Waals surface area contributed by atoms with Crippen molar-refractivity contribution in [1.29, 1.82) is 0 Å². The van der Waals surface area contributed by atoms with E-state index in [-0.39, 0.29) is 11.1 Å². The van der Waals surface area contributed by atoms with Crippen molar-refractivity contribution in [3.8, 4) is 11.4 Å². The minimum Gasteiger partial charge on any atom is -0.322 e. The molecule has 0 aliphatic rings. The largest absolute Gasteiger partial charge is 0.322 e. The molecule has 2 heterocycles. The Hall–Kier alpha value is -2.51. The van der Waals surface area contributed by atoms with E-state index in [1.54, 1.807) is 49.5 Å². The minimum absolute atomic E-state index is 0.214. The lowest BCUT2D eigenvalue weighted by Crippen LogP contribution is -2.25. The molecular formula is C15H12Cl2N6O. The van der Waals surface area contributed by atoms with Crippen molar-refractivity contribution in [1.82, 2.24) is 25.2 Å². The predicted molar refractivity (Wildman–Crippen MR) is 90.9 cm³/mol. The SMILES string of the molecule is CC(C(=O)Nc1cccnc1Cl)n1nnc(-c2ccc(Cl)cc2)n1. The number of amides is 1. The second-order valence-corrected chi connectivity index (χ2v) is 5.74. The average Bonchev–Trinajstić information content (AvgIpc) is 3.07. The summed E-state index contributed by atoms with van der Waals surface area (Å²) in [6.45, 7) is 1.66. The number of halogens is 2. The van der Waals surface area contributed by atoms with Crippen LogP contribution in [0.5, 0.6) is 0 Å². The van der Waals surface area contributed by atoms with Crippen molar-refractivity contribution < 1.29 is 4.79 Å². The van der Waals surface area contributed by atoms with E-state index in [2.05, 4.69) is 25.7 Å². The van der Waals surface area contributed by atoms with Crippen LogP contribution in [0.4, 0.5) is 5.69 Å². The second kappa shape index (κ2) is 6.94. The van der Waals surface area contributed by atoms with Gasteiger partial charge >= 0.3 is 0 Å². The van der Waals surface area contributed by atoms with Gasteiger partial charge in [0.05, 0.1) is 5.69 Å². The molecule has 1 amide bonds. The molecular weight excluding hydrogens is 351 g/mol. The van der Waals surface area contributed by atoms with Crippen LogP contribution in [0.1, 0.15) is 13.0 Å². The molecule has 2 aromatic heterocycles. The first-order chi connectivity index (χ1) is 11.5. The standard InChI is InChI=1S/C15H12Cl2N6O/c1-9(15(24)19-12-3-2-8-18-13(12)17)23-21-14(20-22-23)10-4-6-11(16)7-5-10/h2-9H,1H3,(H,19,24). The molecule has 0 saturated heterocycles. The Bertz CT molecular complexity index is 864. The first-order valence-electron chi connectivity index (χ1n) is 7.01. The Kier molecular flexibility index (Phi) is 4.73. The van der Waals surface area contributed by atoms with Crippen molar-refractivity contribution in [2.24, 2.45) is 0 Å². The van der Waals surface area contributed by atoms with Crippen LogP contribution in [0.2, 0.25) is 10.2 Å². The molecule has 1 aromatic carbocycles. The first-order valence-corrected chi connectivity index (χ1v) is 7.77. The van der Waals surface area contributed by atoms with Gasteiger partial charge in [0.25, 0.3) is 5.91 Å². The van der Waals surface area contributed by atoms with Crippen LogP contribution in [0.25, 0.3) is 11.4 Å². The van der Waals surface area contributed by atoms with Crippen LogP contribution in [0.15, 0.2) is 42.6 Å². The number of nitrogens with one attached hydrogen (secondary N) is 1. The van der Waals surface area contributed by atoms with E-state index in [9.17, 15) is 4.79 Å². The summed E-state index contributed by atoms with van der Waals surface area (Å²) in [5, 5.41) is 15.7. The van der Waals surface area contributed by atoms with E-state index in [1.165, 1.54) is 4.80 Å². The number of pyridine rings is 1. The van der Waals surface area contributed by atoms with Gasteiger partial charge in [-0.2, -0.15) is 4.80 Å². The van der Waals surface area contributed by atoms with Crippen LogP contribution in [0.3, 0.4) is 0 Å².